The third-order valence-corrected chi connectivity index (χ3v) is 5.72. The number of rotatable bonds is 7. The molecule has 7 heteroatoms. The van der Waals surface area contributed by atoms with Crippen LogP contribution in [0.3, 0.4) is 0 Å². The van der Waals surface area contributed by atoms with Crippen molar-refractivity contribution in [2.24, 2.45) is 0 Å². The molecule has 0 spiro atoms. The molecule has 1 aromatic heterocycles. The summed E-state index contributed by atoms with van der Waals surface area (Å²) in [5.74, 6) is -0.152. The van der Waals surface area contributed by atoms with Crippen LogP contribution in [0.25, 0.3) is 0 Å². The first kappa shape index (κ1) is 19.1. The van der Waals surface area contributed by atoms with Gasteiger partial charge < -0.3 is 10.6 Å². The minimum atomic E-state index is -0.223. The van der Waals surface area contributed by atoms with Crippen LogP contribution in [0.2, 0.25) is 0 Å². The Morgan fingerprint density at radius 1 is 1.11 bits per heavy atom. The fraction of sp³-hybridized carbons (Fsp3) is 0.150. The molecule has 0 unspecified atom stereocenters. The van der Waals surface area contributed by atoms with Crippen molar-refractivity contribution in [2.75, 3.05) is 11.1 Å². The first-order valence-corrected chi connectivity index (χ1v) is 10.2. The Kier molecular flexibility index (Phi) is 6.62. The second kappa shape index (κ2) is 9.34. The van der Waals surface area contributed by atoms with Gasteiger partial charge in [-0.25, -0.2) is 4.98 Å². The molecule has 3 rings (SSSR count). The molecule has 1 heterocycles. The summed E-state index contributed by atoms with van der Waals surface area (Å²) in [6.45, 7) is 2.45. The summed E-state index contributed by atoms with van der Waals surface area (Å²) in [5, 5.41) is 7.58. The van der Waals surface area contributed by atoms with E-state index in [1.54, 1.807) is 30.5 Å². The van der Waals surface area contributed by atoms with E-state index in [1.165, 1.54) is 28.7 Å². The van der Waals surface area contributed by atoms with E-state index in [9.17, 15) is 9.59 Å². The van der Waals surface area contributed by atoms with Gasteiger partial charge in [0.25, 0.3) is 5.91 Å². The van der Waals surface area contributed by atoms with Crippen LogP contribution in [0.15, 0.2) is 64.4 Å². The topological polar surface area (TPSA) is 71.1 Å². The van der Waals surface area contributed by atoms with Gasteiger partial charge in [-0.15, -0.1) is 11.3 Å². The Hall–Kier alpha value is -2.64. The molecular weight excluding hydrogens is 378 g/mol. The zero-order valence-corrected chi connectivity index (χ0v) is 16.4. The van der Waals surface area contributed by atoms with Gasteiger partial charge in [0.1, 0.15) is 4.34 Å². The number of carbonyl (C=O) groups is 2. The van der Waals surface area contributed by atoms with E-state index >= 15 is 0 Å². The van der Waals surface area contributed by atoms with Gasteiger partial charge >= 0.3 is 0 Å². The summed E-state index contributed by atoms with van der Waals surface area (Å²) in [6, 6.07) is 15.0. The maximum absolute atomic E-state index is 12.6. The highest BCUT2D eigenvalue weighted by molar-refractivity contribution is 8.01. The number of hydrogen-bond donors (Lipinski definition) is 2. The zero-order valence-electron chi connectivity index (χ0n) is 14.8. The molecule has 5 nitrogen and oxygen atoms in total. The first-order chi connectivity index (χ1) is 13.1. The molecule has 2 N–H and O–H groups in total. The van der Waals surface area contributed by atoms with Gasteiger partial charge in [-0.1, -0.05) is 53.7 Å². The van der Waals surface area contributed by atoms with Crippen LogP contribution in [0.1, 0.15) is 21.5 Å². The van der Waals surface area contributed by atoms with Crippen molar-refractivity contribution >= 4 is 40.6 Å². The molecule has 0 aliphatic heterocycles. The number of thiazole rings is 1. The molecule has 2 aromatic carbocycles. The highest BCUT2D eigenvalue weighted by Crippen LogP contribution is 2.21. The van der Waals surface area contributed by atoms with E-state index < -0.39 is 0 Å². The second-order valence-corrected chi connectivity index (χ2v) is 7.97. The van der Waals surface area contributed by atoms with Gasteiger partial charge in [0, 0.05) is 18.1 Å². The molecule has 0 fully saturated rings. The summed E-state index contributed by atoms with van der Waals surface area (Å²) in [7, 11) is 0. The molecule has 0 aliphatic rings. The van der Waals surface area contributed by atoms with Gasteiger partial charge in [0.05, 0.1) is 17.0 Å². The summed E-state index contributed by atoms with van der Waals surface area (Å²) in [5.41, 5.74) is 3.14. The molecule has 0 radical (unpaired) electrons. The van der Waals surface area contributed by atoms with Gasteiger partial charge in [-0.3, -0.25) is 9.59 Å². The van der Waals surface area contributed by atoms with Gasteiger partial charge in [-0.2, -0.15) is 0 Å². The molecule has 0 atom stereocenters. The number of para-hydroxylation sites is 1. The maximum Gasteiger partial charge on any atom is 0.253 e. The Labute approximate surface area is 166 Å². The number of amides is 2. The fourth-order valence-corrected chi connectivity index (χ4v) is 3.81. The van der Waals surface area contributed by atoms with E-state index in [4.69, 9.17) is 0 Å². The van der Waals surface area contributed by atoms with E-state index in [2.05, 4.69) is 15.6 Å². The van der Waals surface area contributed by atoms with Gasteiger partial charge in [0.2, 0.25) is 5.91 Å². The summed E-state index contributed by atoms with van der Waals surface area (Å²) in [6.07, 6.45) is 1.71. The molecule has 3 aromatic rings. The molecule has 138 valence electrons. The normalized spacial score (nSPS) is 10.4. The number of anilines is 1. The van der Waals surface area contributed by atoms with Crippen LogP contribution < -0.4 is 10.6 Å². The summed E-state index contributed by atoms with van der Waals surface area (Å²) in [4.78, 5) is 28.9. The number of aromatic nitrogens is 1. The highest BCUT2D eigenvalue weighted by Gasteiger charge is 2.13. The smallest absolute Gasteiger partial charge is 0.253 e. The van der Waals surface area contributed by atoms with Crippen molar-refractivity contribution in [3.8, 4) is 0 Å². The minimum absolute atomic E-state index is 0.172. The number of nitrogens with zero attached hydrogens (tertiary/aromatic N) is 1. The largest absolute Gasteiger partial charge is 0.348 e. The fourth-order valence-electron chi connectivity index (χ4n) is 2.37. The molecular formula is C20H19N3O2S2. The number of thioether (sulfide) groups is 1. The lowest BCUT2D eigenvalue weighted by Crippen LogP contribution is -2.25. The van der Waals surface area contributed by atoms with Crippen LogP contribution >= 0.6 is 23.1 Å². The number of aryl methyl sites for hydroxylation is 1. The molecule has 0 aliphatic carbocycles. The minimum Gasteiger partial charge on any atom is -0.348 e. The van der Waals surface area contributed by atoms with Crippen LogP contribution in [0, 0.1) is 6.92 Å². The van der Waals surface area contributed by atoms with Crippen molar-refractivity contribution in [1.82, 2.24) is 10.3 Å². The van der Waals surface area contributed by atoms with E-state index in [0.29, 0.717) is 17.8 Å². The quantitative estimate of drug-likeness (QED) is 0.589. The third kappa shape index (κ3) is 5.67. The maximum atomic E-state index is 12.6. The Morgan fingerprint density at radius 2 is 1.89 bits per heavy atom. The average molecular weight is 398 g/mol. The van der Waals surface area contributed by atoms with Crippen molar-refractivity contribution in [3.63, 3.8) is 0 Å². The lowest BCUT2D eigenvalue weighted by molar-refractivity contribution is -0.113. The predicted octanol–water partition coefficient (Wildman–Crippen LogP) is 4.11. The lowest BCUT2D eigenvalue weighted by Gasteiger charge is -2.11. The van der Waals surface area contributed by atoms with E-state index in [1.807, 2.05) is 36.6 Å². The number of carbonyl (C=O) groups excluding carboxylic acids is 2. The van der Waals surface area contributed by atoms with Crippen LogP contribution in [0.4, 0.5) is 5.69 Å². The highest BCUT2D eigenvalue weighted by atomic mass is 32.2. The monoisotopic (exact) mass is 397 g/mol. The van der Waals surface area contributed by atoms with E-state index in [0.717, 1.165) is 9.90 Å². The SMILES string of the molecule is Cc1ccc(CNC(=O)c2ccccc2NC(=O)CSc2nccs2)cc1. The molecule has 2 amide bonds. The van der Waals surface area contributed by atoms with Crippen molar-refractivity contribution < 1.29 is 9.59 Å². The second-order valence-electron chi connectivity index (χ2n) is 5.85. The van der Waals surface area contributed by atoms with Crippen LogP contribution in [0.5, 0.6) is 0 Å². The lowest BCUT2D eigenvalue weighted by atomic mass is 10.1. The Morgan fingerprint density at radius 3 is 2.63 bits per heavy atom. The number of benzene rings is 2. The molecule has 0 saturated heterocycles. The van der Waals surface area contributed by atoms with Crippen molar-refractivity contribution in [1.29, 1.82) is 0 Å². The molecule has 0 saturated carbocycles. The standard InChI is InChI=1S/C20H19N3O2S2/c1-14-6-8-15(9-7-14)12-22-19(25)16-4-2-3-5-17(16)23-18(24)13-27-20-21-10-11-26-20/h2-11H,12-13H2,1H3,(H,22,25)(H,23,24). The average Bonchev–Trinajstić information content (AvgIpc) is 3.20. The zero-order chi connectivity index (χ0) is 19.1. The molecule has 0 bridgehead atoms. The van der Waals surface area contributed by atoms with Gasteiger partial charge in [0.15, 0.2) is 0 Å². The predicted molar refractivity (Wildman–Crippen MR) is 110 cm³/mol. The molecule has 27 heavy (non-hydrogen) atoms. The van der Waals surface area contributed by atoms with Gasteiger partial charge in [-0.05, 0) is 24.6 Å². The summed E-state index contributed by atoms with van der Waals surface area (Å²) >= 11 is 2.86. The first-order valence-electron chi connectivity index (χ1n) is 8.37. The summed E-state index contributed by atoms with van der Waals surface area (Å²) < 4.78 is 0.842. The van der Waals surface area contributed by atoms with Crippen LogP contribution in [-0.4, -0.2) is 22.6 Å². The Bertz CT molecular complexity index is 909. The van der Waals surface area contributed by atoms with Crippen molar-refractivity contribution in [2.45, 2.75) is 17.8 Å². The number of hydrogen-bond acceptors (Lipinski definition) is 5. The number of nitrogens with one attached hydrogen (secondary N) is 2. The Balaban J connectivity index is 1.59. The van der Waals surface area contributed by atoms with E-state index in [-0.39, 0.29) is 17.6 Å². The third-order valence-electron chi connectivity index (χ3n) is 3.76. The van der Waals surface area contributed by atoms with Crippen LogP contribution in [-0.2, 0) is 11.3 Å². The van der Waals surface area contributed by atoms with Crippen molar-refractivity contribution in [3.05, 3.63) is 76.8 Å².